The van der Waals surface area contributed by atoms with Crippen LogP contribution in [-0.4, -0.2) is 11.3 Å². The number of allylic oxidation sites excluding steroid dienone is 1. The number of aromatic hydroxyl groups is 1. The van der Waals surface area contributed by atoms with Crippen LogP contribution < -0.4 is 0 Å². The van der Waals surface area contributed by atoms with Gasteiger partial charge in [-0.15, -0.1) is 0 Å². The van der Waals surface area contributed by atoms with E-state index in [0.29, 0.717) is 5.56 Å². The summed E-state index contributed by atoms with van der Waals surface area (Å²) in [6.07, 6.45) is 3.26. The van der Waals surface area contributed by atoms with Gasteiger partial charge in [0.25, 0.3) is 0 Å². The van der Waals surface area contributed by atoms with E-state index < -0.39 is 5.82 Å². The molecule has 0 atom stereocenters. The molecule has 3 heteroatoms. The van der Waals surface area contributed by atoms with Crippen LogP contribution in [-0.2, 0) is 0 Å². The minimum absolute atomic E-state index is 0.0648. The first kappa shape index (κ1) is 10.4. The zero-order chi connectivity index (χ0) is 10.6. The Morgan fingerprint density at radius 3 is 2.79 bits per heavy atom. The molecule has 0 aliphatic rings. The summed E-state index contributed by atoms with van der Waals surface area (Å²) in [5, 5.41) is 9.43. The number of halogens is 1. The lowest BCUT2D eigenvalue weighted by Crippen LogP contribution is -1.82. The highest BCUT2D eigenvalue weighted by molar-refractivity contribution is 5.69. The van der Waals surface area contributed by atoms with Crippen molar-refractivity contribution in [3.05, 3.63) is 35.8 Å². The molecule has 0 unspecified atom stereocenters. The second kappa shape index (κ2) is 4.56. The zero-order valence-corrected chi connectivity index (χ0v) is 8.16. The molecule has 1 N–H and O–H groups in total. The number of nitrogens with zero attached hydrogens (tertiary/aromatic N) is 1. The molecule has 1 aromatic rings. The predicted molar refractivity (Wildman–Crippen MR) is 55.9 cm³/mol. The maximum atomic E-state index is 12.7. The highest BCUT2D eigenvalue weighted by atomic mass is 19.1. The quantitative estimate of drug-likeness (QED) is 0.719. The molecular formula is C11H12FNO. The van der Waals surface area contributed by atoms with Crippen LogP contribution in [0.4, 0.5) is 4.39 Å². The van der Waals surface area contributed by atoms with Gasteiger partial charge in [-0.3, -0.25) is 4.99 Å². The summed E-state index contributed by atoms with van der Waals surface area (Å²) in [4.78, 5) is 3.92. The van der Waals surface area contributed by atoms with Crippen molar-refractivity contribution in [3.8, 4) is 5.75 Å². The van der Waals surface area contributed by atoms with E-state index in [0.717, 1.165) is 11.6 Å². The van der Waals surface area contributed by atoms with E-state index >= 15 is 0 Å². The summed E-state index contributed by atoms with van der Waals surface area (Å²) in [6, 6.07) is 3.92. The average Bonchev–Trinajstić information content (AvgIpc) is 2.14. The van der Waals surface area contributed by atoms with Gasteiger partial charge >= 0.3 is 0 Å². The van der Waals surface area contributed by atoms with Gasteiger partial charge in [0.05, 0.1) is 0 Å². The Morgan fingerprint density at radius 1 is 1.50 bits per heavy atom. The summed E-state index contributed by atoms with van der Waals surface area (Å²) in [5.41, 5.74) is 1.39. The molecule has 0 aliphatic heterocycles. The minimum Gasteiger partial charge on any atom is -0.507 e. The molecule has 0 aromatic heterocycles. The van der Waals surface area contributed by atoms with Crippen LogP contribution in [0.25, 0.3) is 5.57 Å². The predicted octanol–water partition coefficient (Wildman–Crippen LogP) is 2.98. The second-order valence-electron chi connectivity index (χ2n) is 2.88. The second-order valence-corrected chi connectivity index (χ2v) is 2.88. The van der Waals surface area contributed by atoms with Crippen LogP contribution in [0.1, 0.15) is 19.4 Å². The van der Waals surface area contributed by atoms with Gasteiger partial charge in [0.2, 0.25) is 0 Å². The topological polar surface area (TPSA) is 32.6 Å². The van der Waals surface area contributed by atoms with Crippen molar-refractivity contribution in [2.24, 2.45) is 4.99 Å². The van der Waals surface area contributed by atoms with Gasteiger partial charge in [-0.1, -0.05) is 0 Å². The molecule has 0 fully saturated rings. The van der Waals surface area contributed by atoms with Crippen LogP contribution in [0, 0.1) is 5.82 Å². The number of hydrogen-bond acceptors (Lipinski definition) is 2. The van der Waals surface area contributed by atoms with Gasteiger partial charge in [-0.25, -0.2) is 4.39 Å². The Labute approximate surface area is 82.4 Å². The first-order valence-corrected chi connectivity index (χ1v) is 4.28. The monoisotopic (exact) mass is 193 g/mol. The first-order chi connectivity index (χ1) is 6.65. The summed E-state index contributed by atoms with van der Waals surface area (Å²) in [5.74, 6) is -0.511. The number of benzene rings is 1. The van der Waals surface area contributed by atoms with E-state index in [2.05, 4.69) is 4.99 Å². The van der Waals surface area contributed by atoms with Crippen molar-refractivity contribution in [3.63, 3.8) is 0 Å². The van der Waals surface area contributed by atoms with Crippen molar-refractivity contribution in [1.82, 2.24) is 0 Å². The van der Waals surface area contributed by atoms with Crippen molar-refractivity contribution >= 4 is 11.8 Å². The normalized spacial score (nSPS) is 12.4. The molecule has 0 aliphatic carbocycles. The van der Waals surface area contributed by atoms with Crippen LogP contribution in [0.2, 0.25) is 0 Å². The fourth-order valence-electron chi connectivity index (χ4n) is 1.09. The molecule has 14 heavy (non-hydrogen) atoms. The zero-order valence-electron chi connectivity index (χ0n) is 8.16. The van der Waals surface area contributed by atoms with Gasteiger partial charge < -0.3 is 5.11 Å². The number of aliphatic imine (C=N–C) groups is 1. The fourth-order valence-corrected chi connectivity index (χ4v) is 1.09. The maximum absolute atomic E-state index is 12.7. The molecule has 0 radical (unpaired) electrons. The Hall–Kier alpha value is -1.64. The van der Waals surface area contributed by atoms with Crippen LogP contribution in [0.3, 0.4) is 0 Å². The van der Waals surface area contributed by atoms with Gasteiger partial charge in [-0.2, -0.15) is 0 Å². The number of rotatable bonds is 2. The summed E-state index contributed by atoms with van der Waals surface area (Å²) < 4.78 is 12.7. The minimum atomic E-state index is -0.446. The Bertz CT molecular complexity index is 383. The summed E-state index contributed by atoms with van der Waals surface area (Å²) in [7, 11) is 0. The van der Waals surface area contributed by atoms with Crippen LogP contribution >= 0.6 is 0 Å². The van der Waals surface area contributed by atoms with Gasteiger partial charge in [0, 0.05) is 24.0 Å². The van der Waals surface area contributed by atoms with E-state index in [-0.39, 0.29) is 5.75 Å². The van der Waals surface area contributed by atoms with E-state index in [1.165, 1.54) is 12.1 Å². The molecular weight excluding hydrogens is 181 g/mol. The fraction of sp³-hybridized carbons (Fsp3) is 0.182. The Balaban J connectivity index is 3.07. The molecule has 0 spiro atoms. The lowest BCUT2D eigenvalue weighted by atomic mass is 10.1. The van der Waals surface area contributed by atoms with Crippen molar-refractivity contribution < 1.29 is 9.50 Å². The number of phenols is 1. The van der Waals surface area contributed by atoms with E-state index in [4.69, 9.17) is 0 Å². The standard InChI is InChI=1S/C11H12FNO/c1-3-13-7-8(2)10-5-4-9(12)6-11(10)14/h3-7,14H,1-2H3/b8-7+,13-3-. The third-order valence-corrected chi connectivity index (χ3v) is 1.80. The molecule has 0 amide bonds. The van der Waals surface area contributed by atoms with E-state index in [1.807, 2.05) is 0 Å². The maximum Gasteiger partial charge on any atom is 0.126 e. The molecule has 0 heterocycles. The number of phenolic OH excluding ortho intramolecular Hbond substituents is 1. The smallest absolute Gasteiger partial charge is 0.126 e. The van der Waals surface area contributed by atoms with Gasteiger partial charge in [0.1, 0.15) is 11.6 Å². The molecule has 0 saturated heterocycles. The lowest BCUT2D eigenvalue weighted by Gasteiger charge is -2.03. The van der Waals surface area contributed by atoms with Gasteiger partial charge in [0.15, 0.2) is 0 Å². The average molecular weight is 193 g/mol. The Kier molecular flexibility index (Phi) is 3.40. The lowest BCUT2D eigenvalue weighted by molar-refractivity contribution is 0.467. The molecule has 1 aromatic carbocycles. The summed E-state index contributed by atoms with van der Waals surface area (Å²) in [6.45, 7) is 3.61. The molecule has 74 valence electrons. The largest absolute Gasteiger partial charge is 0.507 e. The summed E-state index contributed by atoms with van der Waals surface area (Å²) >= 11 is 0. The van der Waals surface area contributed by atoms with Gasteiger partial charge in [-0.05, 0) is 31.6 Å². The highest BCUT2D eigenvalue weighted by Gasteiger charge is 2.03. The molecule has 2 nitrogen and oxygen atoms in total. The SMILES string of the molecule is C/C=N\C=C(/C)c1ccc(F)cc1O. The third kappa shape index (κ3) is 2.42. The third-order valence-electron chi connectivity index (χ3n) is 1.80. The van der Waals surface area contributed by atoms with Crippen LogP contribution in [0.15, 0.2) is 29.4 Å². The highest BCUT2D eigenvalue weighted by Crippen LogP contribution is 2.25. The molecule has 0 saturated carbocycles. The first-order valence-electron chi connectivity index (χ1n) is 4.28. The molecule has 0 bridgehead atoms. The van der Waals surface area contributed by atoms with Crippen molar-refractivity contribution in [2.45, 2.75) is 13.8 Å². The van der Waals surface area contributed by atoms with Crippen molar-refractivity contribution in [1.29, 1.82) is 0 Å². The number of hydrogen-bond donors (Lipinski definition) is 1. The Morgan fingerprint density at radius 2 is 2.21 bits per heavy atom. The van der Waals surface area contributed by atoms with Crippen molar-refractivity contribution in [2.75, 3.05) is 0 Å². The molecule has 1 rings (SSSR count). The van der Waals surface area contributed by atoms with Crippen LogP contribution in [0.5, 0.6) is 5.75 Å². The van der Waals surface area contributed by atoms with E-state index in [1.54, 1.807) is 26.3 Å². The van der Waals surface area contributed by atoms with E-state index in [9.17, 15) is 9.50 Å².